The molecule has 1 aliphatic rings. The third-order valence-electron chi connectivity index (χ3n) is 4.73. The summed E-state index contributed by atoms with van der Waals surface area (Å²) < 4.78 is 7.78. The highest BCUT2D eigenvalue weighted by molar-refractivity contribution is 5.17. The second kappa shape index (κ2) is 9.56. The van der Waals surface area contributed by atoms with E-state index in [9.17, 15) is 0 Å². The predicted octanol–water partition coefficient (Wildman–Crippen LogP) is 2.86. The molecule has 25 heavy (non-hydrogen) atoms. The molecule has 0 radical (unpaired) electrons. The van der Waals surface area contributed by atoms with Crippen molar-refractivity contribution in [3.63, 3.8) is 0 Å². The van der Waals surface area contributed by atoms with Crippen molar-refractivity contribution in [2.75, 3.05) is 45.9 Å². The van der Waals surface area contributed by atoms with Crippen molar-refractivity contribution in [3.05, 3.63) is 72.6 Å². The monoisotopic (exact) mass is 339 g/mol. The molecule has 0 saturated carbocycles. The Morgan fingerprint density at radius 2 is 1.88 bits per heavy atom. The summed E-state index contributed by atoms with van der Waals surface area (Å²) in [6, 6.07) is 15.0. The van der Waals surface area contributed by atoms with E-state index in [4.69, 9.17) is 4.74 Å². The van der Waals surface area contributed by atoms with E-state index in [0.717, 1.165) is 59.0 Å². The Kier molecular flexibility index (Phi) is 6.86. The van der Waals surface area contributed by atoms with Crippen LogP contribution in [0.3, 0.4) is 0 Å². The molecule has 4 nitrogen and oxygen atoms in total. The lowest BCUT2D eigenvalue weighted by atomic mass is 10.2. The first-order valence-corrected chi connectivity index (χ1v) is 9.16. The summed E-state index contributed by atoms with van der Waals surface area (Å²) in [4.78, 5) is 4.96. The Balaban J connectivity index is 1.58. The van der Waals surface area contributed by atoms with E-state index in [2.05, 4.69) is 69.6 Å². The Morgan fingerprint density at radius 1 is 1.08 bits per heavy atom. The van der Waals surface area contributed by atoms with Gasteiger partial charge in [0.05, 0.1) is 13.2 Å². The topological polar surface area (TPSA) is 20.6 Å². The molecule has 4 heteroatoms. The van der Waals surface area contributed by atoms with Crippen LogP contribution in [-0.4, -0.2) is 60.3 Å². The van der Waals surface area contributed by atoms with Gasteiger partial charge < -0.3 is 9.30 Å². The van der Waals surface area contributed by atoms with Crippen molar-refractivity contribution < 1.29 is 4.74 Å². The second-order valence-electron chi connectivity index (χ2n) is 6.59. The van der Waals surface area contributed by atoms with Crippen LogP contribution in [0.15, 0.2) is 61.3 Å². The Morgan fingerprint density at radius 3 is 2.64 bits per heavy atom. The Labute approximate surface area is 151 Å². The number of nitrogens with zero attached hydrogens (tertiary/aromatic N) is 3. The molecule has 2 heterocycles. The maximum Gasteiger partial charge on any atom is 0.0594 e. The normalized spacial score (nSPS) is 15.6. The molecule has 1 fully saturated rings. The first-order chi connectivity index (χ1) is 12.3. The molecule has 1 aromatic carbocycles. The summed E-state index contributed by atoms with van der Waals surface area (Å²) in [5, 5.41) is 0. The van der Waals surface area contributed by atoms with Gasteiger partial charge in [-0.15, -0.1) is 6.58 Å². The van der Waals surface area contributed by atoms with Crippen LogP contribution in [-0.2, 0) is 17.8 Å². The van der Waals surface area contributed by atoms with E-state index in [1.165, 1.54) is 11.3 Å². The third kappa shape index (κ3) is 5.56. The van der Waals surface area contributed by atoms with Crippen LogP contribution >= 0.6 is 0 Å². The quantitative estimate of drug-likeness (QED) is 0.656. The van der Waals surface area contributed by atoms with Gasteiger partial charge in [-0.1, -0.05) is 36.4 Å². The second-order valence-corrected chi connectivity index (χ2v) is 6.59. The summed E-state index contributed by atoms with van der Waals surface area (Å²) in [7, 11) is 0. The molecule has 134 valence electrons. The van der Waals surface area contributed by atoms with Crippen molar-refractivity contribution in [2.24, 2.45) is 0 Å². The molecule has 0 N–H and O–H groups in total. The van der Waals surface area contributed by atoms with Crippen LogP contribution in [0.1, 0.15) is 11.3 Å². The molecule has 0 bridgehead atoms. The number of morpholine rings is 1. The number of rotatable bonds is 9. The van der Waals surface area contributed by atoms with Crippen molar-refractivity contribution >= 4 is 0 Å². The van der Waals surface area contributed by atoms with Crippen molar-refractivity contribution in [2.45, 2.75) is 13.1 Å². The number of ether oxygens (including phenoxy) is 1. The van der Waals surface area contributed by atoms with E-state index in [-0.39, 0.29) is 0 Å². The van der Waals surface area contributed by atoms with E-state index in [0.29, 0.717) is 0 Å². The lowest BCUT2D eigenvalue weighted by Gasteiger charge is -2.29. The smallest absolute Gasteiger partial charge is 0.0594 e. The molecule has 0 atom stereocenters. The predicted molar refractivity (Wildman–Crippen MR) is 103 cm³/mol. The molecule has 0 amide bonds. The molecule has 0 unspecified atom stereocenters. The van der Waals surface area contributed by atoms with Crippen LogP contribution in [0, 0.1) is 0 Å². The molecule has 0 aliphatic carbocycles. The average Bonchev–Trinajstić information content (AvgIpc) is 3.08. The summed E-state index contributed by atoms with van der Waals surface area (Å²) in [6.07, 6.45) is 4.18. The van der Waals surface area contributed by atoms with Crippen molar-refractivity contribution in [3.8, 4) is 0 Å². The zero-order valence-electron chi connectivity index (χ0n) is 15.0. The van der Waals surface area contributed by atoms with E-state index in [1.807, 2.05) is 6.08 Å². The average molecular weight is 339 g/mol. The highest BCUT2D eigenvalue weighted by atomic mass is 16.5. The van der Waals surface area contributed by atoms with Gasteiger partial charge in [0.15, 0.2) is 0 Å². The molecule has 3 rings (SSSR count). The number of aromatic nitrogens is 1. The minimum atomic E-state index is 0.862. The fourth-order valence-electron chi connectivity index (χ4n) is 3.28. The zero-order valence-corrected chi connectivity index (χ0v) is 15.0. The lowest BCUT2D eigenvalue weighted by molar-refractivity contribution is 0.0334. The van der Waals surface area contributed by atoms with E-state index in [1.54, 1.807) is 0 Å². The van der Waals surface area contributed by atoms with Crippen LogP contribution in [0.5, 0.6) is 0 Å². The molecule has 1 aromatic heterocycles. The maximum absolute atomic E-state index is 5.44. The molecule has 0 spiro atoms. The zero-order chi connectivity index (χ0) is 17.3. The van der Waals surface area contributed by atoms with Gasteiger partial charge in [0.25, 0.3) is 0 Å². The van der Waals surface area contributed by atoms with Crippen LogP contribution in [0.25, 0.3) is 0 Å². The Bertz CT molecular complexity index is 632. The van der Waals surface area contributed by atoms with Gasteiger partial charge in [0, 0.05) is 57.7 Å². The highest BCUT2D eigenvalue weighted by Crippen LogP contribution is 2.11. The van der Waals surface area contributed by atoms with Gasteiger partial charge in [-0.3, -0.25) is 9.80 Å². The Hall–Kier alpha value is -1.88. The summed E-state index contributed by atoms with van der Waals surface area (Å²) in [5.74, 6) is 0. The molecule has 1 saturated heterocycles. The fraction of sp³-hybridized carbons (Fsp3) is 0.429. The van der Waals surface area contributed by atoms with Crippen LogP contribution < -0.4 is 0 Å². The van der Waals surface area contributed by atoms with Crippen molar-refractivity contribution in [1.82, 2.24) is 14.4 Å². The SMILES string of the molecule is C=CCN(CCN1CCOCC1)Cc1cccn1Cc1ccccc1. The standard InChI is InChI=1S/C21H29N3O/c1-2-10-23(13-12-22-14-16-25-17-15-22)19-21-9-6-11-24(21)18-20-7-4-3-5-8-20/h2-9,11H,1,10,12-19H2. The third-order valence-corrected chi connectivity index (χ3v) is 4.73. The summed E-state index contributed by atoms with van der Waals surface area (Å²) in [6.45, 7) is 12.7. The van der Waals surface area contributed by atoms with Gasteiger partial charge >= 0.3 is 0 Å². The highest BCUT2D eigenvalue weighted by Gasteiger charge is 2.13. The van der Waals surface area contributed by atoms with E-state index >= 15 is 0 Å². The van der Waals surface area contributed by atoms with Crippen LogP contribution in [0.2, 0.25) is 0 Å². The van der Waals surface area contributed by atoms with Gasteiger partial charge in [-0.05, 0) is 17.7 Å². The first kappa shape index (κ1) is 17.9. The molecular weight excluding hydrogens is 310 g/mol. The van der Waals surface area contributed by atoms with Crippen molar-refractivity contribution in [1.29, 1.82) is 0 Å². The largest absolute Gasteiger partial charge is 0.379 e. The van der Waals surface area contributed by atoms with Gasteiger partial charge in [-0.25, -0.2) is 0 Å². The fourth-order valence-corrected chi connectivity index (χ4v) is 3.28. The molecule has 2 aromatic rings. The summed E-state index contributed by atoms with van der Waals surface area (Å²) in [5.41, 5.74) is 2.69. The van der Waals surface area contributed by atoms with Gasteiger partial charge in [-0.2, -0.15) is 0 Å². The first-order valence-electron chi connectivity index (χ1n) is 9.16. The van der Waals surface area contributed by atoms with Gasteiger partial charge in [0.1, 0.15) is 0 Å². The minimum absolute atomic E-state index is 0.862. The summed E-state index contributed by atoms with van der Waals surface area (Å²) >= 11 is 0. The molecular formula is C21H29N3O. The molecule has 1 aliphatic heterocycles. The number of benzene rings is 1. The van der Waals surface area contributed by atoms with Gasteiger partial charge in [0.2, 0.25) is 0 Å². The number of hydrogen-bond acceptors (Lipinski definition) is 3. The van der Waals surface area contributed by atoms with E-state index < -0.39 is 0 Å². The number of hydrogen-bond donors (Lipinski definition) is 0. The minimum Gasteiger partial charge on any atom is -0.379 e. The lowest BCUT2D eigenvalue weighted by Crippen LogP contribution is -2.41. The maximum atomic E-state index is 5.44. The van der Waals surface area contributed by atoms with Crippen LogP contribution in [0.4, 0.5) is 0 Å².